The molecule has 1 saturated heterocycles. The van der Waals surface area contributed by atoms with Gasteiger partial charge in [0.05, 0.1) is 22.6 Å². The summed E-state index contributed by atoms with van der Waals surface area (Å²) in [7, 11) is 0. The van der Waals surface area contributed by atoms with E-state index in [1.54, 1.807) is 57.2 Å². The van der Waals surface area contributed by atoms with Gasteiger partial charge in [0.1, 0.15) is 35.9 Å². The molecule has 1 aliphatic heterocycles. The Morgan fingerprint density at radius 1 is 0.660 bits per heavy atom. The Morgan fingerprint density at radius 2 is 1.16 bits per heavy atom. The third-order valence-corrected chi connectivity index (χ3v) is 9.95. The lowest BCUT2D eigenvalue weighted by atomic mass is 9.47. The summed E-state index contributed by atoms with van der Waals surface area (Å²) >= 11 is 0. The second kappa shape index (κ2) is 13.9. The average Bonchev–Trinajstić information content (AvgIpc) is 3.24. The predicted molar refractivity (Wildman–Crippen MR) is 172 cm³/mol. The first kappa shape index (κ1) is 36.5. The van der Waals surface area contributed by atoms with Crippen molar-refractivity contribution in [3.8, 4) is 0 Å². The molecule has 0 amide bonds. The number of carbonyl (C=O) groups excluding carboxylic acids is 6. The number of fused-ring (bicyclic) bond motifs is 1. The van der Waals surface area contributed by atoms with Gasteiger partial charge in [0.2, 0.25) is 0 Å². The van der Waals surface area contributed by atoms with Crippen LogP contribution in [0.1, 0.15) is 75.6 Å². The van der Waals surface area contributed by atoms with Crippen LogP contribution in [0, 0.1) is 17.3 Å². The minimum atomic E-state index is -2.02. The van der Waals surface area contributed by atoms with E-state index >= 15 is 0 Å². The zero-order chi connectivity index (χ0) is 36.6. The van der Waals surface area contributed by atoms with Crippen LogP contribution in [0.4, 0.5) is 0 Å². The van der Waals surface area contributed by atoms with Crippen molar-refractivity contribution in [2.24, 2.45) is 17.3 Å². The number of hydrogen-bond acceptors (Lipinski definition) is 13. The number of hydrogen-bond donors (Lipinski definition) is 0. The lowest BCUT2D eigenvalue weighted by molar-refractivity contribution is -0.328. The number of benzene rings is 2. The summed E-state index contributed by atoms with van der Waals surface area (Å²) in [6.45, 7) is 9.24. The topological polar surface area (TPSA) is 167 Å². The second-order valence-corrected chi connectivity index (χ2v) is 13.6. The van der Waals surface area contributed by atoms with Gasteiger partial charge in [-0.25, -0.2) is 9.59 Å². The molecule has 268 valence electrons. The van der Waals surface area contributed by atoms with Crippen molar-refractivity contribution in [3.63, 3.8) is 0 Å². The van der Waals surface area contributed by atoms with Crippen LogP contribution in [0.15, 0.2) is 60.7 Å². The molecule has 2 aromatic rings. The normalized spacial score (nSPS) is 32.0. The molecule has 0 aromatic heterocycles. The zero-order valence-electron chi connectivity index (χ0n) is 29.0. The van der Waals surface area contributed by atoms with Gasteiger partial charge in [0, 0.05) is 27.7 Å². The molecule has 2 saturated carbocycles. The molecule has 9 atom stereocenters. The molecule has 1 spiro atoms. The van der Waals surface area contributed by atoms with E-state index in [1.807, 2.05) is 0 Å². The molecule has 0 unspecified atom stereocenters. The fourth-order valence-corrected chi connectivity index (χ4v) is 8.38. The van der Waals surface area contributed by atoms with E-state index in [0.29, 0.717) is 0 Å². The molecular weight excluding hydrogens is 652 g/mol. The van der Waals surface area contributed by atoms with E-state index in [-0.39, 0.29) is 17.5 Å². The molecule has 13 heteroatoms. The highest BCUT2D eigenvalue weighted by molar-refractivity contribution is 5.90. The van der Waals surface area contributed by atoms with E-state index in [4.69, 9.17) is 33.2 Å². The molecule has 3 fully saturated rings. The molecule has 2 bridgehead atoms. The SMILES string of the molecule is CC(=O)OC[C@]12[C@@H](OC(=O)c3ccccc3)[C@H](OC(=O)c3ccccc3)[C@@H]3[C@H](OC(C)=O)[C@]1(OC3(C)C)[C@H](C)C[C@H](OC(C)=O)[C@@H]2OC(C)=O. The smallest absolute Gasteiger partial charge is 0.338 e. The third kappa shape index (κ3) is 6.34. The zero-order valence-corrected chi connectivity index (χ0v) is 29.0. The molecule has 5 rings (SSSR count). The molecule has 0 N–H and O–H groups in total. The number of carbonyl (C=O) groups is 6. The summed E-state index contributed by atoms with van der Waals surface area (Å²) in [6.07, 6.45) is -7.02. The van der Waals surface area contributed by atoms with Crippen LogP contribution in [0.3, 0.4) is 0 Å². The van der Waals surface area contributed by atoms with Gasteiger partial charge in [-0.1, -0.05) is 43.3 Å². The lowest BCUT2D eigenvalue weighted by Crippen LogP contribution is -2.81. The van der Waals surface area contributed by atoms with Crippen molar-refractivity contribution in [2.75, 3.05) is 6.61 Å². The van der Waals surface area contributed by atoms with Gasteiger partial charge < -0.3 is 33.2 Å². The highest BCUT2D eigenvalue weighted by atomic mass is 16.6. The van der Waals surface area contributed by atoms with E-state index < -0.39 is 101 Å². The van der Waals surface area contributed by atoms with Crippen molar-refractivity contribution in [2.45, 2.75) is 96.6 Å². The van der Waals surface area contributed by atoms with Crippen LogP contribution in [0.25, 0.3) is 0 Å². The Kier molecular flexibility index (Phi) is 10.1. The highest BCUT2D eigenvalue weighted by Gasteiger charge is 2.85. The van der Waals surface area contributed by atoms with Gasteiger partial charge in [-0.05, 0) is 50.5 Å². The molecule has 3 aliphatic rings. The van der Waals surface area contributed by atoms with Gasteiger partial charge in [0.25, 0.3) is 0 Å². The van der Waals surface area contributed by atoms with Crippen molar-refractivity contribution >= 4 is 35.8 Å². The maximum Gasteiger partial charge on any atom is 0.338 e. The van der Waals surface area contributed by atoms with Crippen LogP contribution in [-0.4, -0.2) is 84.1 Å². The molecule has 2 aromatic carbocycles. The maximum atomic E-state index is 14.1. The fourth-order valence-electron chi connectivity index (χ4n) is 8.38. The van der Waals surface area contributed by atoms with Gasteiger partial charge in [-0.3, -0.25) is 19.2 Å². The standard InChI is InChI=1S/C37H42O13/c1-20-18-27(45-22(3)39)30(46-23(4)40)36(19-44-21(2)38)32(49-34(43)26-16-12-9-13-17-26)29(48-33(42)25-14-10-8-11-15-25)28-31(47-24(5)41)37(20,36)50-35(28,6)7/h8-17,20,27-32H,18-19H2,1-7H3/t20-,27+,28-,29-,30+,31+,32+,36+,37-/m1/s1. The number of rotatable bonds is 9. The third-order valence-electron chi connectivity index (χ3n) is 9.95. The second-order valence-electron chi connectivity index (χ2n) is 13.6. The Balaban J connectivity index is 1.87. The summed E-state index contributed by atoms with van der Waals surface area (Å²) in [5.74, 6) is -6.31. The minimum Gasteiger partial charge on any atom is -0.465 e. The van der Waals surface area contributed by atoms with E-state index in [0.717, 1.165) is 13.8 Å². The van der Waals surface area contributed by atoms with E-state index in [9.17, 15) is 28.8 Å². The summed E-state index contributed by atoms with van der Waals surface area (Å²) in [4.78, 5) is 79.2. The Hall–Kier alpha value is -4.78. The molecule has 1 heterocycles. The molecule has 0 radical (unpaired) electrons. The number of esters is 6. The quantitative estimate of drug-likeness (QED) is 0.273. The minimum absolute atomic E-state index is 0.0355. The summed E-state index contributed by atoms with van der Waals surface area (Å²) < 4.78 is 43.4. The van der Waals surface area contributed by atoms with Crippen molar-refractivity contribution in [1.29, 1.82) is 0 Å². The average molecular weight is 695 g/mol. The summed E-state index contributed by atoms with van der Waals surface area (Å²) in [5, 5.41) is 0. The van der Waals surface area contributed by atoms with Crippen LogP contribution in [0.2, 0.25) is 0 Å². The van der Waals surface area contributed by atoms with E-state index in [1.165, 1.54) is 38.1 Å². The monoisotopic (exact) mass is 694 g/mol. The van der Waals surface area contributed by atoms with Gasteiger partial charge >= 0.3 is 35.8 Å². The predicted octanol–water partition coefficient (Wildman–Crippen LogP) is 4.00. The number of ether oxygens (including phenoxy) is 7. The lowest BCUT2D eigenvalue weighted by Gasteiger charge is -2.64. The Morgan fingerprint density at radius 3 is 1.66 bits per heavy atom. The molecule has 50 heavy (non-hydrogen) atoms. The first-order chi connectivity index (χ1) is 23.5. The van der Waals surface area contributed by atoms with Gasteiger partial charge in [0.15, 0.2) is 12.2 Å². The summed E-state index contributed by atoms with van der Waals surface area (Å²) in [6, 6.07) is 16.1. The van der Waals surface area contributed by atoms with Gasteiger partial charge in [-0.2, -0.15) is 0 Å². The first-order valence-electron chi connectivity index (χ1n) is 16.4. The Labute approximate surface area is 289 Å². The fraction of sp³-hybridized carbons (Fsp3) is 0.514. The largest absolute Gasteiger partial charge is 0.465 e. The van der Waals surface area contributed by atoms with Crippen LogP contribution < -0.4 is 0 Å². The van der Waals surface area contributed by atoms with Crippen LogP contribution in [-0.2, 0) is 52.3 Å². The molecule has 13 nitrogen and oxygen atoms in total. The Bertz CT molecular complexity index is 1640. The van der Waals surface area contributed by atoms with E-state index in [2.05, 4.69) is 0 Å². The van der Waals surface area contributed by atoms with Crippen molar-refractivity contribution in [1.82, 2.24) is 0 Å². The van der Waals surface area contributed by atoms with Crippen molar-refractivity contribution in [3.05, 3.63) is 71.8 Å². The van der Waals surface area contributed by atoms with Crippen LogP contribution in [0.5, 0.6) is 0 Å². The highest BCUT2D eigenvalue weighted by Crippen LogP contribution is 2.68. The van der Waals surface area contributed by atoms with Crippen molar-refractivity contribution < 1.29 is 61.9 Å². The summed E-state index contributed by atoms with van der Waals surface area (Å²) in [5.41, 5.74) is -4.73. The van der Waals surface area contributed by atoms with Crippen LogP contribution >= 0.6 is 0 Å². The molecular formula is C37H42O13. The maximum absolute atomic E-state index is 14.1. The first-order valence-corrected chi connectivity index (χ1v) is 16.4. The van der Waals surface area contributed by atoms with Gasteiger partial charge in [-0.15, -0.1) is 0 Å². The molecule has 2 aliphatic carbocycles.